The lowest BCUT2D eigenvalue weighted by Crippen LogP contribution is -2.48. The molecule has 1 aromatic heterocycles. The Morgan fingerprint density at radius 1 is 1.07 bits per heavy atom. The number of hydrogen-bond donors (Lipinski definition) is 0. The number of carbonyl (C=O) groups excluding carboxylic acids is 2. The summed E-state index contributed by atoms with van der Waals surface area (Å²) in [6, 6.07) is 13.6. The Bertz CT molecular complexity index is 736. The van der Waals surface area contributed by atoms with Crippen LogP contribution in [0.5, 0.6) is 0 Å². The molecule has 2 amide bonds. The molecular weight excluding hydrogens is 340 g/mol. The van der Waals surface area contributed by atoms with Crippen molar-refractivity contribution in [3.63, 3.8) is 0 Å². The van der Waals surface area contributed by atoms with E-state index < -0.39 is 0 Å². The molecule has 0 spiro atoms. The van der Waals surface area contributed by atoms with E-state index in [1.165, 1.54) is 0 Å². The maximum atomic E-state index is 13.1. The SMILES string of the molecule is CC(C)N(CC(=O)N(Cc1ccccc1)Cc1ccco1)C(=O)C1CCC1. The van der Waals surface area contributed by atoms with Gasteiger partial charge in [-0.1, -0.05) is 36.8 Å². The van der Waals surface area contributed by atoms with Crippen LogP contribution >= 0.6 is 0 Å². The van der Waals surface area contributed by atoms with Crippen LogP contribution in [0, 0.1) is 5.92 Å². The van der Waals surface area contributed by atoms with Crippen LogP contribution in [0.4, 0.5) is 0 Å². The highest BCUT2D eigenvalue weighted by atomic mass is 16.3. The average molecular weight is 368 g/mol. The zero-order chi connectivity index (χ0) is 19.2. The molecule has 0 atom stereocenters. The lowest BCUT2D eigenvalue weighted by Gasteiger charge is -2.35. The lowest BCUT2D eigenvalue weighted by atomic mass is 9.84. The van der Waals surface area contributed by atoms with Crippen LogP contribution in [0.2, 0.25) is 0 Å². The van der Waals surface area contributed by atoms with Crippen molar-refractivity contribution in [2.24, 2.45) is 5.92 Å². The molecule has 1 fully saturated rings. The molecule has 0 unspecified atom stereocenters. The van der Waals surface area contributed by atoms with E-state index in [4.69, 9.17) is 4.42 Å². The summed E-state index contributed by atoms with van der Waals surface area (Å²) >= 11 is 0. The van der Waals surface area contributed by atoms with Gasteiger partial charge in [-0.25, -0.2) is 0 Å². The van der Waals surface area contributed by atoms with Gasteiger partial charge < -0.3 is 14.2 Å². The van der Waals surface area contributed by atoms with Gasteiger partial charge in [0.2, 0.25) is 11.8 Å². The summed E-state index contributed by atoms with van der Waals surface area (Å²) in [5, 5.41) is 0. The highest BCUT2D eigenvalue weighted by Gasteiger charge is 2.32. The van der Waals surface area contributed by atoms with Crippen LogP contribution in [-0.2, 0) is 22.7 Å². The van der Waals surface area contributed by atoms with E-state index in [2.05, 4.69) is 0 Å². The van der Waals surface area contributed by atoms with Crippen molar-refractivity contribution < 1.29 is 14.0 Å². The van der Waals surface area contributed by atoms with Crippen molar-refractivity contribution in [3.8, 4) is 0 Å². The molecule has 1 heterocycles. The molecule has 2 aromatic rings. The van der Waals surface area contributed by atoms with E-state index in [9.17, 15) is 9.59 Å². The number of amides is 2. The van der Waals surface area contributed by atoms with Gasteiger partial charge in [-0.05, 0) is 44.4 Å². The van der Waals surface area contributed by atoms with Gasteiger partial charge in [0.15, 0.2) is 0 Å². The molecule has 0 bridgehead atoms. The summed E-state index contributed by atoms with van der Waals surface area (Å²) in [5.41, 5.74) is 1.05. The third kappa shape index (κ3) is 5.00. The second kappa shape index (κ2) is 8.89. The van der Waals surface area contributed by atoms with Crippen molar-refractivity contribution in [2.45, 2.75) is 52.2 Å². The van der Waals surface area contributed by atoms with E-state index in [0.717, 1.165) is 30.6 Å². The van der Waals surface area contributed by atoms with Gasteiger partial charge in [-0.3, -0.25) is 9.59 Å². The molecule has 144 valence electrons. The molecule has 1 saturated carbocycles. The third-order valence-electron chi connectivity index (χ3n) is 5.16. The molecule has 1 aliphatic rings. The van der Waals surface area contributed by atoms with Crippen LogP contribution < -0.4 is 0 Å². The maximum absolute atomic E-state index is 13.1. The second-order valence-corrected chi connectivity index (χ2v) is 7.50. The molecule has 5 heteroatoms. The summed E-state index contributed by atoms with van der Waals surface area (Å²) in [4.78, 5) is 29.3. The van der Waals surface area contributed by atoms with Gasteiger partial charge in [0.1, 0.15) is 12.3 Å². The van der Waals surface area contributed by atoms with Crippen LogP contribution in [-0.4, -0.2) is 34.2 Å². The Morgan fingerprint density at radius 3 is 2.37 bits per heavy atom. The van der Waals surface area contributed by atoms with Crippen LogP contribution in [0.15, 0.2) is 53.1 Å². The Labute approximate surface area is 160 Å². The molecular formula is C22H28N2O3. The summed E-state index contributed by atoms with van der Waals surface area (Å²) in [7, 11) is 0. The standard InChI is InChI=1S/C22H28N2O3/c1-17(2)24(22(26)19-10-6-11-19)16-21(25)23(15-20-12-7-13-27-20)14-18-8-4-3-5-9-18/h3-5,7-9,12-13,17,19H,6,10-11,14-16H2,1-2H3. The number of carbonyl (C=O) groups is 2. The van der Waals surface area contributed by atoms with E-state index in [0.29, 0.717) is 13.1 Å². The fourth-order valence-corrected chi connectivity index (χ4v) is 3.28. The average Bonchev–Trinajstić information content (AvgIpc) is 3.11. The van der Waals surface area contributed by atoms with Crippen molar-refractivity contribution in [1.82, 2.24) is 9.80 Å². The highest BCUT2D eigenvalue weighted by molar-refractivity contribution is 5.86. The van der Waals surface area contributed by atoms with Crippen LogP contribution in [0.25, 0.3) is 0 Å². The Hall–Kier alpha value is -2.56. The summed E-state index contributed by atoms with van der Waals surface area (Å²) < 4.78 is 5.44. The predicted molar refractivity (Wildman–Crippen MR) is 104 cm³/mol. The zero-order valence-electron chi connectivity index (χ0n) is 16.1. The van der Waals surface area contributed by atoms with Crippen molar-refractivity contribution >= 4 is 11.8 Å². The fraction of sp³-hybridized carbons (Fsp3) is 0.455. The Balaban J connectivity index is 1.73. The number of benzene rings is 1. The normalized spacial score (nSPS) is 14.0. The van der Waals surface area contributed by atoms with Gasteiger partial charge in [0, 0.05) is 18.5 Å². The number of rotatable bonds is 8. The molecule has 1 aromatic carbocycles. The van der Waals surface area contributed by atoms with Gasteiger partial charge in [0.25, 0.3) is 0 Å². The number of hydrogen-bond acceptors (Lipinski definition) is 3. The molecule has 1 aliphatic carbocycles. The van der Waals surface area contributed by atoms with Crippen molar-refractivity contribution in [1.29, 1.82) is 0 Å². The van der Waals surface area contributed by atoms with Crippen molar-refractivity contribution in [2.75, 3.05) is 6.54 Å². The first-order chi connectivity index (χ1) is 13.0. The van der Waals surface area contributed by atoms with Gasteiger partial charge in [0.05, 0.1) is 12.8 Å². The third-order valence-corrected chi connectivity index (χ3v) is 5.16. The monoisotopic (exact) mass is 368 g/mol. The highest BCUT2D eigenvalue weighted by Crippen LogP contribution is 2.29. The summed E-state index contributed by atoms with van der Waals surface area (Å²) in [6.45, 7) is 4.94. The molecule has 0 saturated heterocycles. The molecule has 3 rings (SSSR count). The maximum Gasteiger partial charge on any atom is 0.242 e. The Morgan fingerprint density at radius 2 is 1.81 bits per heavy atom. The summed E-state index contributed by atoms with van der Waals surface area (Å²) in [5.74, 6) is 0.882. The van der Waals surface area contributed by atoms with E-state index >= 15 is 0 Å². The number of furan rings is 1. The topological polar surface area (TPSA) is 53.8 Å². The minimum absolute atomic E-state index is 0.00392. The first-order valence-corrected chi connectivity index (χ1v) is 9.69. The van der Waals surface area contributed by atoms with Crippen molar-refractivity contribution in [3.05, 3.63) is 60.1 Å². The molecule has 5 nitrogen and oxygen atoms in total. The Kier molecular flexibility index (Phi) is 6.32. The molecule has 0 radical (unpaired) electrons. The van der Waals surface area contributed by atoms with Crippen LogP contribution in [0.1, 0.15) is 44.4 Å². The first kappa shape index (κ1) is 19.2. The van der Waals surface area contributed by atoms with Gasteiger partial charge in [-0.15, -0.1) is 0 Å². The zero-order valence-corrected chi connectivity index (χ0v) is 16.1. The molecule has 27 heavy (non-hydrogen) atoms. The molecule has 0 aliphatic heterocycles. The van der Waals surface area contributed by atoms with E-state index in [1.54, 1.807) is 16.1 Å². The van der Waals surface area contributed by atoms with Gasteiger partial charge >= 0.3 is 0 Å². The predicted octanol–water partition coefficient (Wildman–Crippen LogP) is 3.85. The summed E-state index contributed by atoms with van der Waals surface area (Å²) in [6.07, 6.45) is 4.60. The molecule has 0 N–H and O–H groups in total. The minimum Gasteiger partial charge on any atom is -0.467 e. The second-order valence-electron chi connectivity index (χ2n) is 7.50. The van der Waals surface area contributed by atoms with Crippen LogP contribution in [0.3, 0.4) is 0 Å². The minimum atomic E-state index is -0.0587. The number of nitrogens with zero attached hydrogens (tertiary/aromatic N) is 2. The van der Waals surface area contributed by atoms with Gasteiger partial charge in [-0.2, -0.15) is 0 Å². The first-order valence-electron chi connectivity index (χ1n) is 9.69. The smallest absolute Gasteiger partial charge is 0.242 e. The fourth-order valence-electron chi connectivity index (χ4n) is 3.28. The van der Waals surface area contributed by atoms with E-state index in [1.807, 2.05) is 56.3 Å². The quantitative estimate of drug-likeness (QED) is 0.711. The van der Waals surface area contributed by atoms with E-state index in [-0.39, 0.29) is 30.3 Å². The largest absolute Gasteiger partial charge is 0.467 e. The lowest BCUT2D eigenvalue weighted by molar-refractivity contribution is -0.147.